The summed E-state index contributed by atoms with van der Waals surface area (Å²) >= 11 is 0. The number of tetrazole rings is 1. The van der Waals surface area contributed by atoms with Gasteiger partial charge in [0, 0.05) is 11.4 Å². The molecule has 0 spiro atoms. The second kappa shape index (κ2) is 8.09. The van der Waals surface area contributed by atoms with Crippen LogP contribution in [0.4, 0.5) is 16.2 Å². The highest BCUT2D eigenvalue weighted by molar-refractivity contribution is 5.97. The van der Waals surface area contributed by atoms with Crippen LogP contribution < -0.4 is 16.0 Å². The van der Waals surface area contributed by atoms with E-state index < -0.39 is 6.03 Å². The summed E-state index contributed by atoms with van der Waals surface area (Å²) in [6, 6.07) is 12.3. The fourth-order valence-electron chi connectivity index (χ4n) is 2.47. The van der Waals surface area contributed by atoms with E-state index in [1.54, 1.807) is 18.2 Å². The molecule has 0 aliphatic heterocycles. The maximum absolute atomic E-state index is 12.1. The van der Waals surface area contributed by atoms with Gasteiger partial charge < -0.3 is 16.0 Å². The average Bonchev–Trinajstić information content (AvgIpc) is 3.16. The molecule has 3 aromatic rings. The molecule has 3 rings (SSSR count). The number of rotatable bonds is 5. The summed E-state index contributed by atoms with van der Waals surface area (Å²) in [5.41, 5.74) is 3.98. The van der Waals surface area contributed by atoms with Gasteiger partial charge in [-0.25, -0.2) is 9.48 Å². The number of nitrogens with zero attached hydrogens (tertiary/aromatic N) is 4. The van der Waals surface area contributed by atoms with Crippen molar-refractivity contribution in [1.29, 1.82) is 0 Å². The largest absolute Gasteiger partial charge is 0.329 e. The monoisotopic (exact) mass is 365 g/mol. The molecule has 138 valence electrons. The van der Waals surface area contributed by atoms with E-state index in [0.29, 0.717) is 11.4 Å². The molecule has 0 aliphatic carbocycles. The number of benzene rings is 2. The topological polar surface area (TPSA) is 114 Å². The van der Waals surface area contributed by atoms with E-state index in [9.17, 15) is 9.59 Å². The summed E-state index contributed by atoms with van der Waals surface area (Å²) in [6.45, 7) is 3.69. The molecule has 0 unspecified atom stereocenters. The smallest absolute Gasteiger partial charge is 0.319 e. The molecule has 0 fully saturated rings. The van der Waals surface area contributed by atoms with Crippen molar-refractivity contribution in [3.05, 3.63) is 59.9 Å². The second-order valence-electron chi connectivity index (χ2n) is 5.98. The molecule has 9 nitrogen and oxygen atoms in total. The number of amides is 3. The Hall–Kier alpha value is -3.75. The molecule has 3 amide bonds. The van der Waals surface area contributed by atoms with Crippen LogP contribution in [0, 0.1) is 13.8 Å². The number of urea groups is 1. The highest BCUT2D eigenvalue weighted by Gasteiger charge is 2.09. The number of nitrogens with one attached hydrogen (secondary N) is 3. The normalized spacial score (nSPS) is 10.3. The highest BCUT2D eigenvalue weighted by atomic mass is 16.2. The van der Waals surface area contributed by atoms with Crippen LogP contribution in [0.15, 0.2) is 48.8 Å². The number of anilines is 2. The van der Waals surface area contributed by atoms with Crippen molar-refractivity contribution in [2.45, 2.75) is 13.8 Å². The zero-order valence-electron chi connectivity index (χ0n) is 14.9. The fourth-order valence-corrected chi connectivity index (χ4v) is 2.47. The third-order valence-corrected chi connectivity index (χ3v) is 3.77. The van der Waals surface area contributed by atoms with Gasteiger partial charge in [-0.2, -0.15) is 0 Å². The summed E-state index contributed by atoms with van der Waals surface area (Å²) in [7, 11) is 0. The Morgan fingerprint density at radius 2 is 1.85 bits per heavy atom. The van der Waals surface area contributed by atoms with Crippen LogP contribution in [0.2, 0.25) is 0 Å². The first kappa shape index (κ1) is 18.1. The second-order valence-corrected chi connectivity index (χ2v) is 5.98. The fraction of sp³-hybridized carbons (Fsp3) is 0.167. The van der Waals surface area contributed by atoms with Gasteiger partial charge in [0.15, 0.2) is 0 Å². The molecule has 0 saturated carbocycles. The lowest BCUT2D eigenvalue weighted by Crippen LogP contribution is -2.35. The third-order valence-electron chi connectivity index (χ3n) is 3.77. The minimum atomic E-state index is -0.450. The van der Waals surface area contributed by atoms with Crippen molar-refractivity contribution in [2.75, 3.05) is 17.2 Å². The van der Waals surface area contributed by atoms with Crippen molar-refractivity contribution >= 4 is 23.3 Å². The molecule has 0 radical (unpaired) electrons. The zero-order valence-corrected chi connectivity index (χ0v) is 14.9. The van der Waals surface area contributed by atoms with Crippen LogP contribution in [-0.2, 0) is 4.79 Å². The van der Waals surface area contributed by atoms with Gasteiger partial charge in [-0.1, -0.05) is 18.2 Å². The van der Waals surface area contributed by atoms with Gasteiger partial charge in [-0.05, 0) is 59.7 Å². The maximum Gasteiger partial charge on any atom is 0.319 e. The van der Waals surface area contributed by atoms with Gasteiger partial charge >= 0.3 is 6.03 Å². The van der Waals surface area contributed by atoms with E-state index in [1.807, 2.05) is 38.1 Å². The van der Waals surface area contributed by atoms with E-state index in [4.69, 9.17) is 0 Å². The van der Waals surface area contributed by atoms with Crippen molar-refractivity contribution in [3.8, 4) is 5.69 Å². The van der Waals surface area contributed by atoms with E-state index >= 15 is 0 Å². The Kier molecular flexibility index (Phi) is 5.41. The standard InChI is InChI=1S/C18H19N7O2/c1-12-4-3-5-14(8-12)22-18(27)19-10-17(26)21-15-7-6-13(2)16(9-15)25-11-20-23-24-25/h3-9,11H,10H2,1-2H3,(H,21,26)(H2,19,22,27). The van der Waals surface area contributed by atoms with Crippen LogP contribution in [-0.4, -0.2) is 38.7 Å². The molecule has 1 heterocycles. The Bertz CT molecular complexity index is 954. The number of aryl methyl sites for hydroxylation is 2. The van der Waals surface area contributed by atoms with E-state index in [-0.39, 0.29) is 12.5 Å². The summed E-state index contributed by atoms with van der Waals surface area (Å²) in [4.78, 5) is 24.0. The summed E-state index contributed by atoms with van der Waals surface area (Å²) in [5, 5.41) is 19.0. The highest BCUT2D eigenvalue weighted by Crippen LogP contribution is 2.18. The maximum atomic E-state index is 12.1. The van der Waals surface area contributed by atoms with Crippen LogP contribution >= 0.6 is 0 Å². The first-order chi connectivity index (χ1) is 13.0. The molecule has 0 bridgehead atoms. The van der Waals surface area contributed by atoms with Gasteiger partial charge in [0.1, 0.15) is 6.33 Å². The molecule has 27 heavy (non-hydrogen) atoms. The van der Waals surface area contributed by atoms with Crippen molar-refractivity contribution < 1.29 is 9.59 Å². The first-order valence-corrected chi connectivity index (χ1v) is 8.26. The van der Waals surface area contributed by atoms with Crippen LogP contribution in [0.3, 0.4) is 0 Å². The quantitative estimate of drug-likeness (QED) is 0.640. The average molecular weight is 365 g/mol. The molecule has 0 saturated heterocycles. The third kappa shape index (κ3) is 4.88. The summed E-state index contributed by atoms with van der Waals surface area (Å²) < 4.78 is 1.51. The van der Waals surface area contributed by atoms with E-state index in [0.717, 1.165) is 16.8 Å². The molecule has 0 atom stereocenters. The van der Waals surface area contributed by atoms with Crippen LogP contribution in [0.5, 0.6) is 0 Å². The van der Waals surface area contributed by atoms with Gasteiger partial charge in [0.25, 0.3) is 0 Å². The summed E-state index contributed by atoms with van der Waals surface area (Å²) in [5.74, 6) is -0.346. The van der Waals surface area contributed by atoms with E-state index in [2.05, 4.69) is 31.5 Å². The Balaban J connectivity index is 1.55. The number of hydrogen-bond donors (Lipinski definition) is 3. The van der Waals surface area contributed by atoms with Crippen LogP contribution in [0.1, 0.15) is 11.1 Å². The predicted octanol–water partition coefficient (Wildman–Crippen LogP) is 2.04. The summed E-state index contributed by atoms with van der Waals surface area (Å²) in [6.07, 6.45) is 1.48. The van der Waals surface area contributed by atoms with Crippen molar-refractivity contribution in [1.82, 2.24) is 25.5 Å². The zero-order chi connectivity index (χ0) is 19.2. The minimum absolute atomic E-state index is 0.161. The van der Waals surface area contributed by atoms with E-state index in [1.165, 1.54) is 11.0 Å². The van der Waals surface area contributed by atoms with Crippen LogP contribution in [0.25, 0.3) is 5.69 Å². The molecule has 1 aromatic heterocycles. The first-order valence-electron chi connectivity index (χ1n) is 8.26. The number of carbonyl (C=O) groups is 2. The van der Waals surface area contributed by atoms with Gasteiger partial charge in [-0.3, -0.25) is 4.79 Å². The lowest BCUT2D eigenvalue weighted by molar-refractivity contribution is -0.115. The molecular weight excluding hydrogens is 346 g/mol. The lowest BCUT2D eigenvalue weighted by Gasteiger charge is -2.11. The predicted molar refractivity (Wildman–Crippen MR) is 101 cm³/mol. The Morgan fingerprint density at radius 1 is 1.04 bits per heavy atom. The minimum Gasteiger partial charge on any atom is -0.329 e. The van der Waals surface area contributed by atoms with Gasteiger partial charge in [0.2, 0.25) is 5.91 Å². The molecule has 0 aliphatic rings. The molecular formula is C18H19N7O2. The van der Waals surface area contributed by atoms with Gasteiger partial charge in [-0.15, -0.1) is 5.10 Å². The van der Waals surface area contributed by atoms with Gasteiger partial charge in [0.05, 0.1) is 12.2 Å². The Morgan fingerprint density at radius 3 is 2.59 bits per heavy atom. The number of hydrogen-bond acceptors (Lipinski definition) is 5. The number of aromatic nitrogens is 4. The molecule has 9 heteroatoms. The number of carbonyl (C=O) groups excluding carboxylic acids is 2. The lowest BCUT2D eigenvalue weighted by atomic mass is 10.2. The molecule has 2 aromatic carbocycles. The Labute approximate surface area is 155 Å². The van der Waals surface area contributed by atoms with Crippen molar-refractivity contribution in [2.24, 2.45) is 0 Å². The SMILES string of the molecule is Cc1cccc(NC(=O)NCC(=O)Nc2ccc(C)c(-n3cnnn3)c2)c1. The molecule has 3 N–H and O–H groups in total. The van der Waals surface area contributed by atoms with Crippen molar-refractivity contribution in [3.63, 3.8) is 0 Å².